The van der Waals surface area contributed by atoms with E-state index in [9.17, 15) is 4.79 Å². The zero-order valence-corrected chi connectivity index (χ0v) is 17.4. The summed E-state index contributed by atoms with van der Waals surface area (Å²) in [4.78, 5) is 23.7. The first-order valence-corrected chi connectivity index (χ1v) is 10.1. The molecule has 0 saturated carbocycles. The Bertz CT molecular complexity index is 1050. The molecule has 1 aliphatic heterocycles. The fourth-order valence-corrected chi connectivity index (χ4v) is 4.06. The van der Waals surface area contributed by atoms with Gasteiger partial charge in [0, 0.05) is 24.2 Å². The van der Waals surface area contributed by atoms with Crippen molar-refractivity contribution < 1.29 is 14.3 Å². The average Bonchev–Trinajstić information content (AvgIpc) is 3.20. The summed E-state index contributed by atoms with van der Waals surface area (Å²) in [5.74, 6) is 2.02. The van der Waals surface area contributed by atoms with Crippen LogP contribution in [0.2, 0.25) is 0 Å². The van der Waals surface area contributed by atoms with Crippen LogP contribution in [0.1, 0.15) is 27.3 Å². The van der Waals surface area contributed by atoms with Gasteiger partial charge in [0.05, 0.1) is 14.2 Å². The molecule has 0 fully saturated rings. The number of nitrogens with one attached hydrogen (secondary N) is 1. The van der Waals surface area contributed by atoms with Crippen LogP contribution >= 0.6 is 11.3 Å². The number of pyridine rings is 1. The third-order valence-electron chi connectivity index (χ3n) is 4.85. The van der Waals surface area contributed by atoms with E-state index in [1.54, 1.807) is 19.6 Å². The monoisotopic (exact) mass is 410 g/mol. The van der Waals surface area contributed by atoms with E-state index < -0.39 is 0 Å². The number of ether oxygens (including phenoxy) is 2. The predicted molar refractivity (Wildman–Crippen MR) is 112 cm³/mol. The molecule has 0 saturated heterocycles. The number of aryl methyl sites for hydroxylation is 1. The minimum Gasteiger partial charge on any atom is -0.493 e. The number of amides is 1. The van der Waals surface area contributed by atoms with Crippen LogP contribution in [0.4, 0.5) is 10.9 Å². The number of hydrogen-bond acceptors (Lipinski definition) is 7. The summed E-state index contributed by atoms with van der Waals surface area (Å²) in [5.41, 5.74) is 3.61. The van der Waals surface area contributed by atoms with E-state index >= 15 is 0 Å². The molecule has 0 bridgehead atoms. The molecule has 29 heavy (non-hydrogen) atoms. The van der Waals surface area contributed by atoms with Crippen LogP contribution in [0.25, 0.3) is 0 Å². The van der Waals surface area contributed by atoms with Crippen LogP contribution in [0.3, 0.4) is 0 Å². The molecule has 1 aromatic carbocycles. The Labute approximate surface area is 173 Å². The van der Waals surface area contributed by atoms with Crippen molar-refractivity contribution in [3.05, 3.63) is 58.2 Å². The lowest BCUT2D eigenvalue weighted by Gasteiger charge is -2.29. The molecule has 8 heteroatoms. The maximum atomic E-state index is 13.0. The summed E-state index contributed by atoms with van der Waals surface area (Å²) in [5, 5.41) is 5.59. The minimum absolute atomic E-state index is 0.0769. The van der Waals surface area contributed by atoms with Gasteiger partial charge in [0.25, 0.3) is 5.91 Å². The number of carbonyl (C=O) groups is 1. The topological polar surface area (TPSA) is 76.6 Å². The Balaban J connectivity index is 1.49. The number of rotatable bonds is 5. The highest BCUT2D eigenvalue weighted by atomic mass is 32.1. The third-order valence-corrected chi connectivity index (χ3v) is 5.61. The summed E-state index contributed by atoms with van der Waals surface area (Å²) in [6, 6.07) is 9.68. The van der Waals surface area contributed by atoms with Crippen LogP contribution in [-0.4, -0.2) is 41.5 Å². The lowest BCUT2D eigenvalue weighted by Crippen LogP contribution is -2.36. The summed E-state index contributed by atoms with van der Waals surface area (Å²) in [6.07, 6.45) is 0.768. The predicted octanol–water partition coefficient (Wildman–Crippen LogP) is 3.81. The minimum atomic E-state index is -0.0769. The van der Waals surface area contributed by atoms with Crippen molar-refractivity contribution in [1.29, 1.82) is 0 Å². The number of fused-ring (bicyclic) bond motifs is 1. The lowest BCUT2D eigenvalue weighted by atomic mass is 9.98. The van der Waals surface area contributed by atoms with E-state index in [0.29, 0.717) is 41.2 Å². The quantitative estimate of drug-likeness (QED) is 0.689. The second-order valence-electron chi connectivity index (χ2n) is 6.78. The zero-order valence-electron chi connectivity index (χ0n) is 16.6. The number of hydrogen-bond donors (Lipinski definition) is 1. The van der Waals surface area contributed by atoms with E-state index in [0.717, 1.165) is 17.7 Å². The molecule has 0 spiro atoms. The highest BCUT2D eigenvalue weighted by Gasteiger charge is 2.25. The zero-order chi connectivity index (χ0) is 20.4. The summed E-state index contributed by atoms with van der Waals surface area (Å²) in [6.45, 7) is 3.09. The Morgan fingerprint density at radius 3 is 2.62 bits per heavy atom. The van der Waals surface area contributed by atoms with Crippen LogP contribution in [-0.2, 0) is 13.0 Å². The number of nitrogens with zero attached hydrogens (tertiary/aromatic N) is 3. The van der Waals surface area contributed by atoms with Crippen molar-refractivity contribution in [2.45, 2.75) is 19.9 Å². The standard InChI is InChI=1S/C21H22N4O3S/c1-13-5-4-6-19(22-13)24-21-23-16(12-29-21)20(26)25-8-7-14-9-17(27-2)18(28-3)10-15(14)11-25/h4-6,9-10,12H,7-8,11H2,1-3H3,(H,22,23,24). The second-order valence-corrected chi connectivity index (χ2v) is 7.64. The number of benzene rings is 1. The van der Waals surface area contributed by atoms with E-state index in [-0.39, 0.29) is 5.91 Å². The second kappa shape index (κ2) is 8.08. The highest BCUT2D eigenvalue weighted by Crippen LogP contribution is 2.33. The smallest absolute Gasteiger partial charge is 0.273 e. The van der Waals surface area contributed by atoms with Gasteiger partial charge in [-0.2, -0.15) is 0 Å². The summed E-state index contributed by atoms with van der Waals surface area (Å²) < 4.78 is 10.8. The van der Waals surface area contributed by atoms with Crippen LogP contribution in [0.5, 0.6) is 11.5 Å². The van der Waals surface area contributed by atoms with Crippen molar-refractivity contribution in [3.63, 3.8) is 0 Å². The van der Waals surface area contributed by atoms with Crippen molar-refractivity contribution >= 4 is 28.2 Å². The highest BCUT2D eigenvalue weighted by molar-refractivity contribution is 7.14. The van der Waals surface area contributed by atoms with Gasteiger partial charge in [-0.05, 0) is 48.7 Å². The maximum Gasteiger partial charge on any atom is 0.273 e. The largest absolute Gasteiger partial charge is 0.493 e. The third kappa shape index (κ3) is 4.02. The Kier molecular flexibility index (Phi) is 5.35. The van der Waals surface area contributed by atoms with Gasteiger partial charge in [-0.25, -0.2) is 9.97 Å². The number of aromatic nitrogens is 2. The van der Waals surface area contributed by atoms with Gasteiger partial charge in [0.1, 0.15) is 11.5 Å². The number of methoxy groups -OCH3 is 2. The summed E-state index contributed by atoms with van der Waals surface area (Å²) in [7, 11) is 3.24. The first-order chi connectivity index (χ1) is 14.1. The molecule has 2 aromatic heterocycles. The molecule has 0 radical (unpaired) electrons. The van der Waals surface area contributed by atoms with Crippen molar-refractivity contribution in [1.82, 2.24) is 14.9 Å². The molecule has 150 valence electrons. The Hall–Kier alpha value is -3.13. The van der Waals surface area contributed by atoms with Crippen molar-refractivity contribution in [3.8, 4) is 11.5 Å². The van der Waals surface area contributed by atoms with E-state index in [2.05, 4.69) is 15.3 Å². The van der Waals surface area contributed by atoms with Crippen LogP contribution in [0.15, 0.2) is 35.7 Å². The van der Waals surface area contributed by atoms with Crippen LogP contribution < -0.4 is 14.8 Å². The summed E-state index contributed by atoms with van der Waals surface area (Å²) >= 11 is 1.39. The molecule has 0 atom stereocenters. The van der Waals surface area contributed by atoms with Gasteiger partial charge in [-0.15, -0.1) is 11.3 Å². The van der Waals surface area contributed by atoms with Crippen molar-refractivity contribution in [2.24, 2.45) is 0 Å². The molecule has 3 aromatic rings. The van der Waals surface area contributed by atoms with Crippen molar-refractivity contribution in [2.75, 3.05) is 26.1 Å². The van der Waals surface area contributed by atoms with Crippen LogP contribution in [0, 0.1) is 6.92 Å². The van der Waals surface area contributed by atoms with Gasteiger partial charge in [-0.1, -0.05) is 6.07 Å². The number of thiazole rings is 1. The first kappa shape index (κ1) is 19.2. The average molecular weight is 410 g/mol. The van der Waals surface area contributed by atoms with Gasteiger partial charge >= 0.3 is 0 Å². The molecule has 1 amide bonds. The molecule has 0 unspecified atom stereocenters. The molecular weight excluding hydrogens is 388 g/mol. The molecule has 3 heterocycles. The fourth-order valence-electron chi connectivity index (χ4n) is 3.37. The van der Waals surface area contributed by atoms with Gasteiger partial charge in [0.2, 0.25) is 0 Å². The molecule has 1 aliphatic rings. The SMILES string of the molecule is COc1cc2c(cc1OC)CN(C(=O)c1csc(Nc3cccc(C)n3)n1)CC2. The van der Waals surface area contributed by atoms with E-state index in [1.165, 1.54) is 16.9 Å². The lowest BCUT2D eigenvalue weighted by molar-refractivity contribution is 0.0729. The number of carbonyl (C=O) groups excluding carboxylic acids is 1. The van der Waals surface area contributed by atoms with Gasteiger partial charge in [-0.3, -0.25) is 4.79 Å². The first-order valence-electron chi connectivity index (χ1n) is 9.26. The Morgan fingerprint density at radius 2 is 1.90 bits per heavy atom. The van der Waals surface area contributed by atoms with Gasteiger partial charge < -0.3 is 19.7 Å². The molecule has 0 aliphatic carbocycles. The molecule has 7 nitrogen and oxygen atoms in total. The van der Waals surface area contributed by atoms with E-state index in [4.69, 9.17) is 9.47 Å². The maximum absolute atomic E-state index is 13.0. The van der Waals surface area contributed by atoms with E-state index in [1.807, 2.05) is 42.2 Å². The molecular formula is C21H22N4O3S. The Morgan fingerprint density at radius 1 is 1.14 bits per heavy atom. The number of anilines is 2. The fraction of sp³-hybridized carbons (Fsp3) is 0.286. The normalized spacial score (nSPS) is 13.0. The molecule has 1 N–H and O–H groups in total. The molecule has 4 rings (SSSR count). The van der Waals surface area contributed by atoms with Gasteiger partial charge in [0.15, 0.2) is 16.6 Å².